The summed E-state index contributed by atoms with van der Waals surface area (Å²) >= 11 is 1.55. The Balaban J connectivity index is 1.45. The number of benzene rings is 1. The third kappa shape index (κ3) is 3.85. The van der Waals surface area contributed by atoms with Crippen LogP contribution in [0.25, 0.3) is 11.0 Å². The fraction of sp³-hybridized carbons (Fsp3) is 0.286. The van der Waals surface area contributed by atoms with Gasteiger partial charge in [-0.3, -0.25) is 9.69 Å². The molecule has 6 rings (SSSR count). The Bertz CT molecular complexity index is 1660. The first-order valence-electron chi connectivity index (χ1n) is 12.1. The minimum atomic E-state index is -0.508. The number of anilines is 1. The van der Waals surface area contributed by atoms with Crippen molar-refractivity contribution in [3.63, 3.8) is 0 Å². The first kappa shape index (κ1) is 23.3. The number of Topliss-reactive ketones (excluding diaryl/α,β-unsaturated/α-hetero) is 1. The van der Waals surface area contributed by atoms with Crippen molar-refractivity contribution in [2.45, 2.75) is 46.1 Å². The number of fused-ring (bicyclic) bond motifs is 1. The highest BCUT2D eigenvalue weighted by atomic mass is 32.1. The molecular formula is C28H26N6O2S. The van der Waals surface area contributed by atoms with E-state index in [9.17, 15) is 10.1 Å². The maximum absolute atomic E-state index is 13.7. The molecule has 4 aromatic rings. The highest BCUT2D eigenvalue weighted by Gasteiger charge is 2.45. The van der Waals surface area contributed by atoms with Gasteiger partial charge in [-0.15, -0.1) is 11.3 Å². The zero-order valence-corrected chi connectivity index (χ0v) is 21.7. The van der Waals surface area contributed by atoms with Gasteiger partial charge < -0.3 is 14.8 Å². The van der Waals surface area contributed by atoms with Gasteiger partial charge in [-0.2, -0.15) is 5.26 Å². The van der Waals surface area contributed by atoms with Crippen LogP contribution in [0.3, 0.4) is 0 Å². The van der Waals surface area contributed by atoms with Crippen molar-refractivity contribution in [2.24, 2.45) is 11.1 Å². The highest BCUT2D eigenvalue weighted by molar-refractivity contribution is 7.10. The van der Waals surface area contributed by atoms with E-state index in [2.05, 4.69) is 46.1 Å². The number of thiophene rings is 1. The van der Waals surface area contributed by atoms with Gasteiger partial charge in [-0.25, -0.2) is 4.98 Å². The van der Waals surface area contributed by atoms with Crippen LogP contribution in [0.1, 0.15) is 48.8 Å². The molecule has 9 heteroatoms. The fourth-order valence-electron chi connectivity index (χ4n) is 5.48. The van der Waals surface area contributed by atoms with E-state index >= 15 is 0 Å². The number of hydrogen-bond acceptors (Lipinski definition) is 8. The Morgan fingerprint density at radius 2 is 2.08 bits per heavy atom. The van der Waals surface area contributed by atoms with Crippen molar-refractivity contribution in [3.05, 3.63) is 87.0 Å². The fourth-order valence-corrected chi connectivity index (χ4v) is 6.50. The van der Waals surface area contributed by atoms with Crippen LogP contribution in [0.15, 0.2) is 75.3 Å². The Labute approximate surface area is 218 Å². The average molecular weight is 511 g/mol. The van der Waals surface area contributed by atoms with Gasteiger partial charge in [0.05, 0.1) is 34.9 Å². The SMILES string of the molecule is Cc1cc(N2C(N)=C(C#N)[C@H](c3cc(Cn4cnc5ccccc54)cs3)C3=C2CC(C)(C)CC3=O)no1. The van der Waals surface area contributed by atoms with Gasteiger partial charge in [0.25, 0.3) is 0 Å². The summed E-state index contributed by atoms with van der Waals surface area (Å²) in [6.07, 6.45) is 2.88. The third-order valence-electron chi connectivity index (χ3n) is 7.06. The van der Waals surface area contributed by atoms with Gasteiger partial charge in [0, 0.05) is 35.2 Å². The number of nitrogens with zero attached hydrogens (tertiary/aromatic N) is 5. The summed E-state index contributed by atoms with van der Waals surface area (Å²) in [6.45, 7) is 6.60. The molecule has 0 saturated carbocycles. The maximum Gasteiger partial charge on any atom is 0.182 e. The minimum Gasteiger partial charge on any atom is -0.384 e. The largest absolute Gasteiger partial charge is 0.384 e. The second-order valence-corrected chi connectivity index (χ2v) is 11.4. The Morgan fingerprint density at radius 3 is 2.84 bits per heavy atom. The van der Waals surface area contributed by atoms with Crippen LogP contribution in [-0.4, -0.2) is 20.5 Å². The van der Waals surface area contributed by atoms with Crippen LogP contribution in [0.4, 0.5) is 5.82 Å². The number of nitrogens with two attached hydrogens (primary N) is 1. The van der Waals surface area contributed by atoms with Crippen molar-refractivity contribution in [1.82, 2.24) is 14.7 Å². The van der Waals surface area contributed by atoms with Crippen molar-refractivity contribution < 1.29 is 9.32 Å². The van der Waals surface area contributed by atoms with Crippen molar-refractivity contribution in [3.8, 4) is 6.07 Å². The molecule has 37 heavy (non-hydrogen) atoms. The number of rotatable bonds is 4. The average Bonchev–Trinajstić information content (AvgIpc) is 3.59. The number of nitriles is 1. The molecule has 1 aliphatic carbocycles. The lowest BCUT2D eigenvalue weighted by atomic mass is 9.70. The van der Waals surface area contributed by atoms with E-state index in [1.165, 1.54) is 0 Å². The number of allylic oxidation sites excluding steroid dienone is 3. The quantitative estimate of drug-likeness (QED) is 0.392. The lowest BCUT2D eigenvalue weighted by Crippen LogP contribution is -2.42. The summed E-state index contributed by atoms with van der Waals surface area (Å²) in [4.78, 5) is 20.8. The Hall–Kier alpha value is -4.16. The lowest BCUT2D eigenvalue weighted by Gasteiger charge is -2.42. The van der Waals surface area contributed by atoms with Crippen LogP contribution in [-0.2, 0) is 11.3 Å². The number of carbonyl (C=O) groups excluding carboxylic acids is 1. The molecule has 8 nitrogen and oxygen atoms in total. The molecule has 0 spiro atoms. The molecule has 2 aliphatic rings. The van der Waals surface area contributed by atoms with Gasteiger partial charge in [0.15, 0.2) is 11.6 Å². The normalized spacial score (nSPS) is 19.5. The van der Waals surface area contributed by atoms with E-state index in [-0.39, 0.29) is 11.2 Å². The molecule has 1 aliphatic heterocycles. The molecule has 0 unspecified atom stereocenters. The van der Waals surface area contributed by atoms with Gasteiger partial charge in [0.2, 0.25) is 0 Å². The summed E-state index contributed by atoms with van der Waals surface area (Å²) in [5, 5.41) is 16.5. The van der Waals surface area contributed by atoms with Gasteiger partial charge in [0.1, 0.15) is 11.6 Å². The molecule has 1 atom stereocenters. The summed E-state index contributed by atoms with van der Waals surface area (Å²) in [6, 6.07) is 14.2. The lowest BCUT2D eigenvalue weighted by molar-refractivity contribution is -0.118. The number of aryl methyl sites for hydroxylation is 1. The molecule has 0 amide bonds. The van der Waals surface area contributed by atoms with Crippen LogP contribution in [0, 0.1) is 23.7 Å². The standard InChI is InChI=1S/C28H26N6O2S/c1-16-8-24(32-36-16)34-21-10-28(2,3)11-22(35)26(21)25(18(12-29)27(34)30)23-9-17(14-37-23)13-33-15-31-19-6-4-5-7-20(19)33/h4-9,14-15,25H,10-11,13,30H2,1-3H3/t25-/m1/s1. The number of imidazole rings is 1. The first-order chi connectivity index (χ1) is 17.8. The van der Waals surface area contributed by atoms with Gasteiger partial charge in [-0.05, 0) is 47.9 Å². The molecule has 0 bridgehead atoms. The molecule has 0 fully saturated rings. The topological polar surface area (TPSA) is 114 Å². The van der Waals surface area contributed by atoms with Gasteiger partial charge >= 0.3 is 0 Å². The third-order valence-corrected chi connectivity index (χ3v) is 8.11. The molecule has 3 aromatic heterocycles. The molecule has 0 saturated heterocycles. The molecule has 2 N–H and O–H groups in total. The van der Waals surface area contributed by atoms with E-state index in [0.717, 1.165) is 27.2 Å². The monoisotopic (exact) mass is 510 g/mol. The Morgan fingerprint density at radius 1 is 1.27 bits per heavy atom. The van der Waals surface area contributed by atoms with Crippen molar-refractivity contribution in [2.75, 3.05) is 4.90 Å². The molecule has 0 radical (unpaired) electrons. The summed E-state index contributed by atoms with van der Waals surface area (Å²) < 4.78 is 7.43. The smallest absolute Gasteiger partial charge is 0.182 e. The molecular weight excluding hydrogens is 484 g/mol. The summed E-state index contributed by atoms with van der Waals surface area (Å²) in [7, 11) is 0. The minimum absolute atomic E-state index is 0.0391. The van der Waals surface area contributed by atoms with E-state index in [0.29, 0.717) is 47.9 Å². The van der Waals surface area contributed by atoms with Crippen molar-refractivity contribution in [1.29, 1.82) is 5.26 Å². The highest BCUT2D eigenvalue weighted by Crippen LogP contribution is 2.51. The second kappa shape index (κ2) is 8.46. The van der Waals surface area contributed by atoms with E-state index in [1.807, 2.05) is 30.6 Å². The second-order valence-electron chi connectivity index (χ2n) is 10.5. The molecule has 4 heterocycles. The summed E-state index contributed by atoms with van der Waals surface area (Å²) in [5.41, 5.74) is 11.3. The van der Waals surface area contributed by atoms with Crippen LogP contribution < -0.4 is 10.6 Å². The number of hydrogen-bond donors (Lipinski definition) is 1. The number of ketones is 1. The van der Waals surface area contributed by atoms with E-state index in [1.54, 1.807) is 29.2 Å². The molecule has 1 aromatic carbocycles. The first-order valence-corrected chi connectivity index (χ1v) is 13.0. The Kier molecular flexibility index (Phi) is 5.31. The number of aromatic nitrogens is 3. The van der Waals surface area contributed by atoms with Crippen LogP contribution in [0.2, 0.25) is 0 Å². The van der Waals surface area contributed by atoms with Crippen molar-refractivity contribution >= 4 is 34.0 Å². The maximum atomic E-state index is 13.7. The van der Waals surface area contributed by atoms with Crippen LogP contribution in [0.5, 0.6) is 0 Å². The zero-order chi connectivity index (χ0) is 25.9. The molecule has 186 valence electrons. The predicted molar refractivity (Wildman–Crippen MR) is 141 cm³/mol. The van der Waals surface area contributed by atoms with E-state index in [4.69, 9.17) is 10.3 Å². The van der Waals surface area contributed by atoms with Crippen LogP contribution >= 0.6 is 11.3 Å². The predicted octanol–water partition coefficient (Wildman–Crippen LogP) is 5.38. The number of carbonyl (C=O) groups is 1. The number of para-hydroxylation sites is 2. The zero-order valence-electron chi connectivity index (χ0n) is 20.9. The summed E-state index contributed by atoms with van der Waals surface area (Å²) in [5.74, 6) is 0.934. The van der Waals surface area contributed by atoms with Gasteiger partial charge in [-0.1, -0.05) is 31.1 Å². The van der Waals surface area contributed by atoms with E-state index < -0.39 is 5.92 Å².